The van der Waals surface area contributed by atoms with E-state index < -0.39 is 6.04 Å². The summed E-state index contributed by atoms with van der Waals surface area (Å²) in [4.78, 5) is 48.5. The number of rotatable bonds is 2. The normalized spacial score (nSPS) is 24.8. The van der Waals surface area contributed by atoms with Gasteiger partial charge in [0.05, 0.1) is 24.0 Å². The Labute approximate surface area is 180 Å². The van der Waals surface area contributed by atoms with Crippen LogP contribution < -0.4 is 4.90 Å². The van der Waals surface area contributed by atoms with Crippen LogP contribution in [0.3, 0.4) is 0 Å². The van der Waals surface area contributed by atoms with Gasteiger partial charge in [-0.25, -0.2) is 14.7 Å². The standard InChI is InChI=1S/C23H23N5O3/c1-23(2,3)9-19(29)26-12-13-8-17(26)20-21(30)28(22(31)27(13)20)18-11-25-16(10-24)14-6-4-5-7-15(14)18/h4-7,11,13,17,20H,8-9,12H2,1-3H3/t13?,17?,20-/m0/s1. The van der Waals surface area contributed by atoms with Gasteiger partial charge in [-0.3, -0.25) is 9.59 Å². The number of carbonyl (C=O) groups excluding carboxylic acids is 3. The Morgan fingerprint density at radius 1 is 1.23 bits per heavy atom. The van der Waals surface area contributed by atoms with Crippen LogP contribution >= 0.6 is 0 Å². The molecule has 1 aromatic carbocycles. The highest BCUT2D eigenvalue weighted by Crippen LogP contribution is 2.44. The van der Waals surface area contributed by atoms with E-state index in [1.54, 1.807) is 34.1 Å². The Hall–Kier alpha value is -3.47. The molecule has 0 saturated carbocycles. The highest BCUT2D eigenvalue weighted by Gasteiger charge is 2.63. The first-order valence-electron chi connectivity index (χ1n) is 10.4. The zero-order valence-corrected chi connectivity index (χ0v) is 17.7. The molecule has 5 rings (SSSR count). The van der Waals surface area contributed by atoms with E-state index in [-0.39, 0.29) is 41.0 Å². The molecule has 0 radical (unpaired) electrons. The van der Waals surface area contributed by atoms with Crippen LogP contribution in [0.15, 0.2) is 30.5 Å². The van der Waals surface area contributed by atoms with E-state index in [0.29, 0.717) is 35.8 Å². The molecule has 3 aliphatic heterocycles. The van der Waals surface area contributed by atoms with Crippen molar-refractivity contribution in [1.29, 1.82) is 5.26 Å². The summed E-state index contributed by atoms with van der Waals surface area (Å²) in [6.45, 7) is 6.51. The van der Waals surface area contributed by atoms with E-state index in [2.05, 4.69) is 11.1 Å². The van der Waals surface area contributed by atoms with Gasteiger partial charge in [0.2, 0.25) is 5.91 Å². The van der Waals surface area contributed by atoms with Crippen molar-refractivity contribution in [2.45, 2.75) is 51.7 Å². The van der Waals surface area contributed by atoms with Crippen LogP contribution in [0, 0.1) is 16.7 Å². The van der Waals surface area contributed by atoms with E-state index in [9.17, 15) is 19.6 Å². The summed E-state index contributed by atoms with van der Waals surface area (Å²) >= 11 is 0. The molecule has 3 saturated heterocycles. The summed E-state index contributed by atoms with van der Waals surface area (Å²) in [5.41, 5.74) is 0.483. The van der Waals surface area contributed by atoms with Gasteiger partial charge in [-0.05, 0) is 11.8 Å². The number of imide groups is 1. The highest BCUT2D eigenvalue weighted by molar-refractivity contribution is 6.25. The van der Waals surface area contributed by atoms with Crippen molar-refractivity contribution in [2.24, 2.45) is 5.41 Å². The lowest BCUT2D eigenvalue weighted by atomic mass is 9.91. The zero-order valence-electron chi connectivity index (χ0n) is 17.7. The molecule has 0 spiro atoms. The number of benzene rings is 1. The van der Waals surface area contributed by atoms with Crippen molar-refractivity contribution in [2.75, 3.05) is 11.4 Å². The quantitative estimate of drug-likeness (QED) is 0.700. The fourth-order valence-electron chi connectivity index (χ4n) is 5.17. The largest absolute Gasteiger partial charge is 0.335 e. The number of pyridine rings is 1. The number of hydrogen-bond donors (Lipinski definition) is 0. The van der Waals surface area contributed by atoms with E-state index in [0.717, 1.165) is 0 Å². The molecule has 4 heterocycles. The SMILES string of the molecule is CC(C)(C)CC(=O)N1CC2CC1[C@H]1C(=O)N(c3cnc(C#N)c4ccccc34)C(=O)N21. The molecule has 0 aliphatic carbocycles. The smallest absolute Gasteiger partial charge is 0.332 e. The third-order valence-electron chi connectivity index (χ3n) is 6.39. The highest BCUT2D eigenvalue weighted by atomic mass is 16.2. The van der Waals surface area contributed by atoms with Crippen molar-refractivity contribution in [3.63, 3.8) is 0 Å². The molecule has 3 aliphatic rings. The van der Waals surface area contributed by atoms with Gasteiger partial charge < -0.3 is 9.80 Å². The molecule has 31 heavy (non-hydrogen) atoms. The maximum Gasteiger partial charge on any atom is 0.332 e. The van der Waals surface area contributed by atoms with Gasteiger partial charge in [0, 0.05) is 23.7 Å². The molecular formula is C23H23N5O3. The van der Waals surface area contributed by atoms with Crippen LogP contribution in [0.2, 0.25) is 0 Å². The van der Waals surface area contributed by atoms with Crippen LogP contribution in [0.5, 0.6) is 0 Å². The minimum Gasteiger partial charge on any atom is -0.335 e. The van der Waals surface area contributed by atoms with Crippen molar-refractivity contribution in [3.05, 3.63) is 36.2 Å². The van der Waals surface area contributed by atoms with Gasteiger partial charge >= 0.3 is 6.03 Å². The van der Waals surface area contributed by atoms with E-state index in [4.69, 9.17) is 0 Å². The number of fused-ring (bicyclic) bond motifs is 6. The number of piperazine rings is 1. The Bertz CT molecular complexity index is 1180. The predicted molar refractivity (Wildman–Crippen MR) is 113 cm³/mol. The Morgan fingerprint density at radius 2 is 1.94 bits per heavy atom. The Kier molecular flexibility index (Phi) is 4.09. The third-order valence-corrected chi connectivity index (χ3v) is 6.39. The van der Waals surface area contributed by atoms with E-state index >= 15 is 0 Å². The lowest BCUT2D eigenvalue weighted by Crippen LogP contribution is -2.55. The number of aromatic nitrogens is 1. The summed E-state index contributed by atoms with van der Waals surface area (Å²) in [5, 5.41) is 10.6. The predicted octanol–water partition coefficient (Wildman–Crippen LogP) is 2.66. The number of amides is 4. The topological polar surface area (TPSA) is 97.6 Å². The molecule has 2 bridgehead atoms. The number of carbonyl (C=O) groups is 3. The fourth-order valence-corrected chi connectivity index (χ4v) is 5.17. The number of hydrogen-bond acceptors (Lipinski definition) is 5. The van der Waals surface area contributed by atoms with Gasteiger partial charge in [-0.1, -0.05) is 45.0 Å². The Morgan fingerprint density at radius 3 is 2.61 bits per heavy atom. The summed E-state index contributed by atoms with van der Waals surface area (Å²) in [5.74, 6) is -0.300. The monoisotopic (exact) mass is 417 g/mol. The fraction of sp³-hybridized carbons (Fsp3) is 0.435. The van der Waals surface area contributed by atoms with Crippen LogP contribution in [0.1, 0.15) is 39.3 Å². The van der Waals surface area contributed by atoms with Crippen LogP contribution in [-0.4, -0.2) is 57.3 Å². The second-order valence-electron chi connectivity index (χ2n) is 9.70. The van der Waals surface area contributed by atoms with Gasteiger partial charge in [0.25, 0.3) is 5.91 Å². The molecule has 2 unspecified atom stereocenters. The molecular weight excluding hydrogens is 394 g/mol. The number of nitrogens with zero attached hydrogens (tertiary/aromatic N) is 5. The van der Waals surface area contributed by atoms with Crippen molar-refractivity contribution >= 4 is 34.3 Å². The van der Waals surface area contributed by atoms with Crippen LogP contribution in [0.25, 0.3) is 10.8 Å². The second kappa shape index (κ2) is 6.51. The van der Waals surface area contributed by atoms with Crippen molar-refractivity contribution < 1.29 is 14.4 Å². The maximum atomic E-state index is 13.5. The molecule has 4 amide bonds. The van der Waals surface area contributed by atoms with Crippen molar-refractivity contribution in [3.8, 4) is 6.07 Å². The first kappa shape index (κ1) is 19.5. The molecule has 158 valence electrons. The van der Waals surface area contributed by atoms with Crippen LogP contribution in [0.4, 0.5) is 10.5 Å². The second-order valence-corrected chi connectivity index (χ2v) is 9.70. The minimum atomic E-state index is -0.662. The van der Waals surface area contributed by atoms with E-state index in [1.165, 1.54) is 11.1 Å². The van der Waals surface area contributed by atoms with Crippen molar-refractivity contribution in [1.82, 2.24) is 14.8 Å². The summed E-state index contributed by atoms with van der Waals surface area (Å²) < 4.78 is 0. The zero-order chi connectivity index (χ0) is 22.1. The number of nitriles is 1. The molecule has 8 heteroatoms. The third kappa shape index (κ3) is 2.80. The van der Waals surface area contributed by atoms with Crippen LogP contribution in [-0.2, 0) is 9.59 Å². The molecule has 3 atom stereocenters. The number of urea groups is 1. The maximum absolute atomic E-state index is 13.5. The first-order chi connectivity index (χ1) is 14.7. The average molecular weight is 417 g/mol. The molecule has 8 nitrogen and oxygen atoms in total. The molecule has 1 aromatic heterocycles. The summed E-state index contributed by atoms with van der Waals surface area (Å²) in [6.07, 6.45) is 2.46. The lowest BCUT2D eigenvalue weighted by Gasteiger charge is -2.36. The number of anilines is 1. The van der Waals surface area contributed by atoms with Gasteiger partial charge in [0.15, 0.2) is 0 Å². The average Bonchev–Trinajstić information content (AvgIpc) is 3.38. The first-order valence-corrected chi connectivity index (χ1v) is 10.4. The number of likely N-dealkylation sites (tertiary alicyclic amines) is 1. The van der Waals surface area contributed by atoms with Gasteiger partial charge in [0.1, 0.15) is 17.8 Å². The minimum absolute atomic E-state index is 0.0313. The van der Waals surface area contributed by atoms with Gasteiger partial charge in [-0.15, -0.1) is 0 Å². The lowest BCUT2D eigenvalue weighted by molar-refractivity contribution is -0.137. The molecule has 2 aromatic rings. The molecule has 3 fully saturated rings. The van der Waals surface area contributed by atoms with E-state index in [1.807, 2.05) is 20.8 Å². The van der Waals surface area contributed by atoms with Gasteiger partial charge in [-0.2, -0.15) is 5.26 Å². The molecule has 0 N–H and O–H groups in total. The summed E-state index contributed by atoms with van der Waals surface area (Å²) in [6, 6.07) is 7.71. The summed E-state index contributed by atoms with van der Waals surface area (Å²) in [7, 11) is 0. The Balaban J connectivity index is 1.51.